The van der Waals surface area contributed by atoms with Gasteiger partial charge in [-0.05, 0) is 59.4 Å². The fourth-order valence-electron chi connectivity index (χ4n) is 3.68. The van der Waals surface area contributed by atoms with E-state index >= 15 is 0 Å². The van der Waals surface area contributed by atoms with Crippen molar-refractivity contribution in [1.82, 2.24) is 5.32 Å². The van der Waals surface area contributed by atoms with E-state index in [9.17, 15) is 9.50 Å². The predicted molar refractivity (Wildman–Crippen MR) is 76.4 cm³/mol. The molecule has 1 aliphatic carbocycles. The maximum Gasteiger partial charge on any atom is 0.137 e. The number of halogens is 2. The molecule has 4 heteroatoms. The lowest BCUT2D eigenvalue weighted by molar-refractivity contribution is -0.0861. The number of benzene rings is 1. The fraction of sp³-hybridized carbons (Fsp3) is 0.600. The Hall–Kier alpha value is -0.450. The van der Waals surface area contributed by atoms with Crippen molar-refractivity contribution in [2.75, 3.05) is 6.54 Å². The molecule has 2 fully saturated rings. The van der Waals surface area contributed by atoms with E-state index < -0.39 is 5.60 Å². The van der Waals surface area contributed by atoms with E-state index in [2.05, 4.69) is 21.2 Å². The molecule has 0 bridgehead atoms. The monoisotopic (exact) mass is 327 g/mol. The smallest absolute Gasteiger partial charge is 0.137 e. The van der Waals surface area contributed by atoms with E-state index in [1.54, 1.807) is 0 Å². The zero-order valence-electron chi connectivity index (χ0n) is 10.8. The molecule has 0 aromatic heterocycles. The molecule has 1 aromatic rings. The molecular formula is C15H19BrFNO. The Morgan fingerprint density at radius 3 is 2.95 bits per heavy atom. The second kappa shape index (κ2) is 5.15. The van der Waals surface area contributed by atoms with Crippen molar-refractivity contribution in [1.29, 1.82) is 0 Å². The Labute approximate surface area is 121 Å². The standard InChI is InChI=1S/C15H19BrFNO/c16-12-9-10(4-5-13(12)17)14-11-3-1-2-6-15(11,19)7-8-18-14/h4-5,9,11,14,18-19H,1-3,6-8H2/t11-,14-,15-/m0/s1. The summed E-state index contributed by atoms with van der Waals surface area (Å²) in [5.74, 6) is 0.00539. The van der Waals surface area contributed by atoms with Gasteiger partial charge in [-0.3, -0.25) is 0 Å². The summed E-state index contributed by atoms with van der Waals surface area (Å²) in [4.78, 5) is 0. The zero-order valence-corrected chi connectivity index (χ0v) is 12.4. The average Bonchev–Trinajstić information content (AvgIpc) is 2.40. The number of hydrogen-bond acceptors (Lipinski definition) is 2. The first kappa shape index (κ1) is 13.5. The summed E-state index contributed by atoms with van der Waals surface area (Å²) in [5, 5.41) is 14.3. The van der Waals surface area contributed by atoms with Gasteiger partial charge in [0.15, 0.2) is 0 Å². The molecule has 0 unspecified atom stereocenters. The van der Waals surface area contributed by atoms with Crippen LogP contribution in [0.15, 0.2) is 22.7 Å². The molecule has 2 N–H and O–H groups in total. The molecule has 2 aliphatic rings. The van der Waals surface area contributed by atoms with E-state index in [1.165, 1.54) is 12.5 Å². The Kier molecular flexibility index (Phi) is 3.67. The minimum absolute atomic E-state index is 0.135. The van der Waals surface area contributed by atoms with Gasteiger partial charge < -0.3 is 10.4 Å². The van der Waals surface area contributed by atoms with Gasteiger partial charge in [-0.15, -0.1) is 0 Å². The van der Waals surface area contributed by atoms with Gasteiger partial charge >= 0.3 is 0 Å². The number of hydrogen-bond donors (Lipinski definition) is 2. The zero-order chi connectivity index (χ0) is 13.5. The molecule has 0 amide bonds. The third-order valence-electron chi connectivity index (χ3n) is 4.69. The van der Waals surface area contributed by atoms with Crippen LogP contribution in [0.1, 0.15) is 43.7 Å². The van der Waals surface area contributed by atoms with Gasteiger partial charge in [0, 0.05) is 12.0 Å². The van der Waals surface area contributed by atoms with Crippen LogP contribution in [-0.4, -0.2) is 17.3 Å². The molecular weight excluding hydrogens is 309 g/mol. The van der Waals surface area contributed by atoms with Crippen molar-refractivity contribution in [2.45, 2.75) is 43.7 Å². The first-order valence-electron chi connectivity index (χ1n) is 7.01. The van der Waals surface area contributed by atoms with Crippen LogP contribution < -0.4 is 5.32 Å². The van der Waals surface area contributed by atoms with Crippen LogP contribution in [0.3, 0.4) is 0 Å². The quantitative estimate of drug-likeness (QED) is 0.826. The number of piperidine rings is 1. The van der Waals surface area contributed by atoms with Crippen LogP contribution >= 0.6 is 15.9 Å². The van der Waals surface area contributed by atoms with Crippen LogP contribution in [0.25, 0.3) is 0 Å². The average molecular weight is 328 g/mol. The van der Waals surface area contributed by atoms with Crippen molar-refractivity contribution in [3.05, 3.63) is 34.1 Å². The second-order valence-electron chi connectivity index (χ2n) is 5.81. The van der Waals surface area contributed by atoms with Gasteiger partial charge in [-0.2, -0.15) is 0 Å². The van der Waals surface area contributed by atoms with Gasteiger partial charge in [0.25, 0.3) is 0 Å². The summed E-state index contributed by atoms with van der Waals surface area (Å²) in [7, 11) is 0. The third kappa shape index (κ3) is 2.46. The molecule has 3 atom stereocenters. The molecule has 1 saturated heterocycles. The summed E-state index contributed by atoms with van der Waals surface area (Å²) < 4.78 is 13.9. The lowest BCUT2D eigenvalue weighted by atomic mass is 9.67. The van der Waals surface area contributed by atoms with Gasteiger partial charge in [-0.1, -0.05) is 18.9 Å². The lowest BCUT2D eigenvalue weighted by Gasteiger charge is -2.48. The molecule has 0 spiro atoms. The highest BCUT2D eigenvalue weighted by atomic mass is 79.9. The largest absolute Gasteiger partial charge is 0.389 e. The highest BCUT2D eigenvalue weighted by Gasteiger charge is 2.45. The van der Waals surface area contributed by atoms with Gasteiger partial charge in [-0.25, -0.2) is 4.39 Å². The topological polar surface area (TPSA) is 32.3 Å². The molecule has 19 heavy (non-hydrogen) atoms. The van der Waals surface area contributed by atoms with Crippen LogP contribution in [0.2, 0.25) is 0 Å². The number of aliphatic hydroxyl groups is 1. The summed E-state index contributed by atoms with van der Waals surface area (Å²) in [5.41, 5.74) is 0.535. The van der Waals surface area contributed by atoms with Crippen LogP contribution in [0.4, 0.5) is 4.39 Å². The normalized spacial score (nSPS) is 34.9. The van der Waals surface area contributed by atoms with Crippen molar-refractivity contribution in [3.63, 3.8) is 0 Å². The van der Waals surface area contributed by atoms with Gasteiger partial charge in [0.1, 0.15) is 5.82 Å². The van der Waals surface area contributed by atoms with Crippen LogP contribution in [0, 0.1) is 11.7 Å². The van der Waals surface area contributed by atoms with Gasteiger partial charge in [0.2, 0.25) is 0 Å². The van der Waals surface area contributed by atoms with Crippen molar-refractivity contribution < 1.29 is 9.50 Å². The SMILES string of the molecule is O[C@]12CCCC[C@H]1[C@H](c1ccc(F)c(Br)c1)NCC2. The fourth-order valence-corrected chi connectivity index (χ4v) is 4.08. The Balaban J connectivity index is 1.92. The first-order valence-corrected chi connectivity index (χ1v) is 7.80. The molecule has 1 heterocycles. The molecule has 3 rings (SSSR count). The number of fused-ring (bicyclic) bond motifs is 1. The summed E-state index contributed by atoms with van der Waals surface area (Å²) in [6, 6.07) is 5.30. The first-order chi connectivity index (χ1) is 9.10. The molecule has 1 saturated carbocycles. The van der Waals surface area contributed by atoms with E-state index in [-0.39, 0.29) is 17.8 Å². The molecule has 2 nitrogen and oxygen atoms in total. The number of rotatable bonds is 1. The summed E-state index contributed by atoms with van der Waals surface area (Å²) >= 11 is 3.25. The lowest BCUT2D eigenvalue weighted by Crippen LogP contribution is -2.53. The van der Waals surface area contributed by atoms with E-state index in [4.69, 9.17) is 0 Å². The van der Waals surface area contributed by atoms with Crippen molar-refractivity contribution >= 4 is 15.9 Å². The Morgan fingerprint density at radius 1 is 1.32 bits per heavy atom. The molecule has 104 valence electrons. The van der Waals surface area contributed by atoms with E-state index in [0.717, 1.165) is 37.8 Å². The minimum atomic E-state index is -0.533. The molecule has 1 aliphatic heterocycles. The van der Waals surface area contributed by atoms with E-state index in [1.807, 2.05) is 12.1 Å². The molecule has 1 aromatic carbocycles. The molecule has 0 radical (unpaired) electrons. The third-order valence-corrected chi connectivity index (χ3v) is 5.30. The highest BCUT2D eigenvalue weighted by molar-refractivity contribution is 9.10. The summed E-state index contributed by atoms with van der Waals surface area (Å²) in [6.07, 6.45) is 5.07. The van der Waals surface area contributed by atoms with Crippen molar-refractivity contribution in [2.24, 2.45) is 5.92 Å². The van der Waals surface area contributed by atoms with Gasteiger partial charge in [0.05, 0.1) is 10.1 Å². The van der Waals surface area contributed by atoms with Crippen molar-refractivity contribution in [3.8, 4) is 0 Å². The minimum Gasteiger partial charge on any atom is -0.389 e. The maximum absolute atomic E-state index is 13.4. The Bertz CT molecular complexity index is 477. The summed E-state index contributed by atoms with van der Waals surface area (Å²) in [6.45, 7) is 0.826. The number of nitrogens with one attached hydrogen (secondary N) is 1. The highest BCUT2D eigenvalue weighted by Crippen LogP contribution is 2.45. The van der Waals surface area contributed by atoms with E-state index in [0.29, 0.717) is 4.47 Å². The second-order valence-corrected chi connectivity index (χ2v) is 6.67. The maximum atomic E-state index is 13.4. The Morgan fingerprint density at radius 2 is 2.16 bits per heavy atom. The van der Waals surface area contributed by atoms with Crippen LogP contribution in [0.5, 0.6) is 0 Å². The van der Waals surface area contributed by atoms with Crippen LogP contribution in [-0.2, 0) is 0 Å². The predicted octanol–water partition coefficient (Wildman–Crippen LogP) is 3.54.